The van der Waals surface area contributed by atoms with Gasteiger partial charge in [0.25, 0.3) is 5.91 Å². The molecule has 1 aromatic heterocycles. The van der Waals surface area contributed by atoms with Crippen molar-refractivity contribution in [2.75, 3.05) is 11.9 Å². The standard InChI is InChI=1S/C13H21N3O/c1-5-14-12-11(7-6-8-15-12)13(17)16-10(4)9(2)3/h6-10H,5H2,1-4H3,(H,14,15)(H,16,17). The van der Waals surface area contributed by atoms with Crippen LogP contribution in [-0.2, 0) is 0 Å². The molecule has 17 heavy (non-hydrogen) atoms. The van der Waals surface area contributed by atoms with Crippen LogP contribution < -0.4 is 10.6 Å². The molecule has 1 atom stereocenters. The van der Waals surface area contributed by atoms with Gasteiger partial charge >= 0.3 is 0 Å². The SMILES string of the molecule is CCNc1ncccc1C(=O)NC(C)C(C)C. The maximum Gasteiger partial charge on any atom is 0.255 e. The Morgan fingerprint density at radius 3 is 2.71 bits per heavy atom. The molecule has 0 spiro atoms. The van der Waals surface area contributed by atoms with E-state index in [1.165, 1.54) is 0 Å². The van der Waals surface area contributed by atoms with Gasteiger partial charge < -0.3 is 10.6 Å². The summed E-state index contributed by atoms with van der Waals surface area (Å²) in [5.41, 5.74) is 0.599. The van der Waals surface area contributed by atoms with Crippen LogP contribution >= 0.6 is 0 Å². The maximum atomic E-state index is 12.1. The van der Waals surface area contributed by atoms with E-state index in [4.69, 9.17) is 0 Å². The van der Waals surface area contributed by atoms with Gasteiger partial charge in [-0.15, -0.1) is 0 Å². The van der Waals surface area contributed by atoms with E-state index < -0.39 is 0 Å². The molecule has 0 fully saturated rings. The van der Waals surface area contributed by atoms with E-state index in [-0.39, 0.29) is 11.9 Å². The van der Waals surface area contributed by atoms with Gasteiger partial charge in [0.15, 0.2) is 0 Å². The fraction of sp³-hybridized carbons (Fsp3) is 0.538. The van der Waals surface area contributed by atoms with E-state index >= 15 is 0 Å². The zero-order chi connectivity index (χ0) is 12.8. The van der Waals surface area contributed by atoms with Gasteiger partial charge in [-0.3, -0.25) is 4.79 Å². The highest BCUT2D eigenvalue weighted by Gasteiger charge is 2.15. The molecule has 1 unspecified atom stereocenters. The van der Waals surface area contributed by atoms with Crippen molar-refractivity contribution in [1.82, 2.24) is 10.3 Å². The highest BCUT2D eigenvalue weighted by atomic mass is 16.1. The van der Waals surface area contributed by atoms with Crippen molar-refractivity contribution in [2.45, 2.75) is 33.7 Å². The number of amides is 1. The summed E-state index contributed by atoms with van der Waals surface area (Å²) in [6, 6.07) is 3.71. The van der Waals surface area contributed by atoms with Crippen molar-refractivity contribution < 1.29 is 4.79 Å². The lowest BCUT2D eigenvalue weighted by atomic mass is 10.1. The summed E-state index contributed by atoms with van der Waals surface area (Å²) in [7, 11) is 0. The third kappa shape index (κ3) is 3.73. The smallest absolute Gasteiger partial charge is 0.255 e. The molecule has 1 amide bonds. The molecule has 0 aliphatic heterocycles. The van der Waals surface area contributed by atoms with Crippen LogP contribution in [0.15, 0.2) is 18.3 Å². The number of anilines is 1. The van der Waals surface area contributed by atoms with Crippen molar-refractivity contribution in [2.24, 2.45) is 5.92 Å². The molecule has 1 aromatic rings. The molecular weight excluding hydrogens is 214 g/mol. The first-order valence-corrected chi connectivity index (χ1v) is 6.06. The van der Waals surface area contributed by atoms with E-state index in [2.05, 4.69) is 29.5 Å². The van der Waals surface area contributed by atoms with Crippen LogP contribution in [-0.4, -0.2) is 23.5 Å². The Labute approximate surface area is 103 Å². The van der Waals surface area contributed by atoms with Crippen molar-refractivity contribution in [3.8, 4) is 0 Å². The van der Waals surface area contributed by atoms with E-state index in [1.807, 2.05) is 13.8 Å². The highest BCUT2D eigenvalue weighted by molar-refractivity contribution is 5.98. The summed E-state index contributed by atoms with van der Waals surface area (Å²) < 4.78 is 0. The second-order valence-corrected chi connectivity index (χ2v) is 4.44. The topological polar surface area (TPSA) is 54.0 Å². The number of hydrogen-bond donors (Lipinski definition) is 2. The Kier molecular flexibility index (Phi) is 4.94. The monoisotopic (exact) mass is 235 g/mol. The summed E-state index contributed by atoms with van der Waals surface area (Å²) in [5.74, 6) is 0.983. The fourth-order valence-electron chi connectivity index (χ4n) is 1.35. The van der Waals surface area contributed by atoms with E-state index in [1.54, 1.807) is 18.3 Å². The molecule has 0 aliphatic rings. The van der Waals surface area contributed by atoms with E-state index in [0.29, 0.717) is 17.3 Å². The van der Waals surface area contributed by atoms with Gasteiger partial charge in [-0.1, -0.05) is 13.8 Å². The first kappa shape index (κ1) is 13.5. The third-order valence-electron chi connectivity index (χ3n) is 2.76. The van der Waals surface area contributed by atoms with E-state index in [9.17, 15) is 4.79 Å². The Morgan fingerprint density at radius 2 is 2.12 bits per heavy atom. The van der Waals surface area contributed by atoms with Crippen molar-refractivity contribution >= 4 is 11.7 Å². The van der Waals surface area contributed by atoms with Gasteiger partial charge in [0.2, 0.25) is 0 Å². The number of pyridine rings is 1. The largest absolute Gasteiger partial charge is 0.370 e. The van der Waals surface area contributed by atoms with Gasteiger partial charge in [-0.25, -0.2) is 4.98 Å². The first-order valence-electron chi connectivity index (χ1n) is 6.06. The Hall–Kier alpha value is -1.58. The number of rotatable bonds is 5. The fourth-order valence-corrected chi connectivity index (χ4v) is 1.35. The molecule has 0 aliphatic carbocycles. The van der Waals surface area contributed by atoms with Crippen LogP contribution in [0.4, 0.5) is 5.82 Å². The van der Waals surface area contributed by atoms with Crippen LogP contribution in [0.5, 0.6) is 0 Å². The van der Waals surface area contributed by atoms with Crippen molar-refractivity contribution in [3.63, 3.8) is 0 Å². The molecule has 0 saturated heterocycles. The Morgan fingerprint density at radius 1 is 1.41 bits per heavy atom. The molecule has 4 heteroatoms. The molecule has 94 valence electrons. The minimum Gasteiger partial charge on any atom is -0.370 e. The summed E-state index contributed by atoms with van der Waals surface area (Å²) in [6.45, 7) is 8.90. The minimum absolute atomic E-state index is 0.0738. The summed E-state index contributed by atoms with van der Waals surface area (Å²) >= 11 is 0. The predicted octanol–water partition coefficient (Wildman–Crippen LogP) is 2.29. The lowest BCUT2D eigenvalue weighted by Crippen LogP contribution is -2.36. The van der Waals surface area contributed by atoms with Gasteiger partial charge in [0.05, 0.1) is 5.56 Å². The third-order valence-corrected chi connectivity index (χ3v) is 2.76. The molecule has 1 heterocycles. The van der Waals surface area contributed by atoms with Gasteiger partial charge in [0, 0.05) is 18.8 Å². The van der Waals surface area contributed by atoms with Crippen LogP contribution in [0.1, 0.15) is 38.1 Å². The van der Waals surface area contributed by atoms with Crippen molar-refractivity contribution in [1.29, 1.82) is 0 Å². The molecule has 4 nitrogen and oxygen atoms in total. The summed E-state index contributed by atoms with van der Waals surface area (Å²) in [5, 5.41) is 6.06. The van der Waals surface area contributed by atoms with Gasteiger partial charge in [-0.2, -0.15) is 0 Å². The van der Waals surface area contributed by atoms with Crippen LogP contribution in [0, 0.1) is 5.92 Å². The quantitative estimate of drug-likeness (QED) is 0.823. The number of carbonyl (C=O) groups excluding carboxylic acids is 1. The highest BCUT2D eigenvalue weighted by Crippen LogP contribution is 2.12. The number of nitrogens with zero attached hydrogens (tertiary/aromatic N) is 1. The van der Waals surface area contributed by atoms with Crippen LogP contribution in [0.25, 0.3) is 0 Å². The van der Waals surface area contributed by atoms with E-state index in [0.717, 1.165) is 6.54 Å². The van der Waals surface area contributed by atoms with Crippen LogP contribution in [0.2, 0.25) is 0 Å². The zero-order valence-corrected chi connectivity index (χ0v) is 10.9. The number of carbonyl (C=O) groups is 1. The van der Waals surface area contributed by atoms with Gasteiger partial charge in [0.1, 0.15) is 5.82 Å². The average Bonchev–Trinajstić information content (AvgIpc) is 2.29. The van der Waals surface area contributed by atoms with Crippen molar-refractivity contribution in [3.05, 3.63) is 23.9 Å². The Balaban J connectivity index is 2.81. The lowest BCUT2D eigenvalue weighted by molar-refractivity contribution is 0.0931. The molecule has 2 N–H and O–H groups in total. The second kappa shape index (κ2) is 6.23. The normalized spacial score (nSPS) is 12.3. The molecular formula is C13H21N3O. The summed E-state index contributed by atoms with van der Waals surface area (Å²) in [4.78, 5) is 16.2. The second-order valence-electron chi connectivity index (χ2n) is 4.44. The Bertz CT molecular complexity index is 377. The number of nitrogens with one attached hydrogen (secondary N) is 2. The average molecular weight is 235 g/mol. The molecule has 0 aromatic carbocycles. The molecule has 0 radical (unpaired) electrons. The maximum absolute atomic E-state index is 12.1. The molecule has 0 saturated carbocycles. The lowest BCUT2D eigenvalue weighted by Gasteiger charge is -2.18. The van der Waals surface area contributed by atoms with Gasteiger partial charge in [-0.05, 0) is 31.9 Å². The molecule has 1 rings (SSSR count). The minimum atomic E-state index is -0.0738. The van der Waals surface area contributed by atoms with Crippen LogP contribution in [0.3, 0.4) is 0 Å². The summed E-state index contributed by atoms with van der Waals surface area (Å²) in [6.07, 6.45) is 1.68. The zero-order valence-electron chi connectivity index (χ0n) is 10.9. The number of aromatic nitrogens is 1. The predicted molar refractivity (Wildman–Crippen MR) is 70.2 cm³/mol. The number of hydrogen-bond acceptors (Lipinski definition) is 3. The first-order chi connectivity index (χ1) is 8.06. The molecule has 0 bridgehead atoms.